The molecule has 0 saturated carbocycles. The van der Waals surface area contributed by atoms with Crippen LogP contribution in [0.15, 0.2) is 0 Å². The van der Waals surface area contributed by atoms with Gasteiger partial charge in [0.15, 0.2) is 0 Å². The summed E-state index contributed by atoms with van der Waals surface area (Å²) in [5, 5.41) is 0. The van der Waals surface area contributed by atoms with Crippen LogP contribution >= 0.6 is 0 Å². The second kappa shape index (κ2) is 4.75. The Morgan fingerprint density at radius 3 is 2.31 bits per heavy atom. The molecule has 1 rings (SSSR count). The molecule has 1 fully saturated rings. The van der Waals surface area contributed by atoms with E-state index in [1.54, 1.807) is 0 Å². The molecule has 0 aromatic rings. The molecule has 0 spiro atoms. The molecular formula is C11H21NO. The average molecular weight is 183 g/mol. The van der Waals surface area contributed by atoms with Gasteiger partial charge in [-0.3, -0.25) is 9.69 Å². The number of ketones is 1. The summed E-state index contributed by atoms with van der Waals surface area (Å²) in [6.45, 7) is 8.76. The van der Waals surface area contributed by atoms with Gasteiger partial charge in [0.05, 0.1) is 0 Å². The molecule has 2 atom stereocenters. The molecule has 76 valence electrons. The van der Waals surface area contributed by atoms with Crippen molar-refractivity contribution in [3.63, 3.8) is 0 Å². The zero-order chi connectivity index (χ0) is 9.84. The summed E-state index contributed by atoms with van der Waals surface area (Å²) in [4.78, 5) is 13.5. The Hall–Kier alpha value is -0.370. The molecule has 1 aliphatic rings. The largest absolute Gasteiger partial charge is 0.300 e. The average Bonchev–Trinajstić information content (AvgIpc) is 2.17. The Balaban J connectivity index is 2.39. The van der Waals surface area contributed by atoms with E-state index in [-0.39, 0.29) is 0 Å². The van der Waals surface area contributed by atoms with Crippen molar-refractivity contribution in [3.8, 4) is 0 Å². The highest BCUT2D eigenvalue weighted by Gasteiger charge is 2.23. The minimum absolute atomic E-state index is 0.438. The predicted molar refractivity (Wildman–Crippen MR) is 54.7 cm³/mol. The lowest BCUT2D eigenvalue weighted by Crippen LogP contribution is -2.43. The lowest BCUT2D eigenvalue weighted by molar-refractivity contribution is -0.122. The van der Waals surface area contributed by atoms with E-state index in [0.29, 0.717) is 11.8 Å². The Labute approximate surface area is 81.3 Å². The molecule has 0 radical (unpaired) electrons. The molecule has 1 aliphatic heterocycles. The van der Waals surface area contributed by atoms with Gasteiger partial charge in [-0.1, -0.05) is 20.3 Å². The van der Waals surface area contributed by atoms with Crippen molar-refractivity contribution in [1.29, 1.82) is 0 Å². The van der Waals surface area contributed by atoms with Gasteiger partial charge in [-0.05, 0) is 12.8 Å². The molecule has 0 N–H and O–H groups in total. The van der Waals surface area contributed by atoms with Gasteiger partial charge in [-0.15, -0.1) is 0 Å². The van der Waals surface area contributed by atoms with E-state index >= 15 is 0 Å². The van der Waals surface area contributed by atoms with Crippen LogP contribution in [0, 0.1) is 5.92 Å². The van der Waals surface area contributed by atoms with Gasteiger partial charge < -0.3 is 0 Å². The van der Waals surface area contributed by atoms with Gasteiger partial charge in [0.2, 0.25) is 0 Å². The zero-order valence-corrected chi connectivity index (χ0v) is 9.05. The fraction of sp³-hybridized carbons (Fsp3) is 0.909. The predicted octanol–water partition coefficient (Wildman–Crippen LogP) is 2.09. The molecule has 2 nitrogen and oxygen atoms in total. The monoisotopic (exact) mass is 183 g/mol. The van der Waals surface area contributed by atoms with Crippen molar-refractivity contribution in [2.24, 2.45) is 5.92 Å². The maximum atomic E-state index is 11.0. The quantitative estimate of drug-likeness (QED) is 0.667. The van der Waals surface area contributed by atoms with Crippen molar-refractivity contribution < 1.29 is 4.79 Å². The summed E-state index contributed by atoms with van der Waals surface area (Å²) in [5.41, 5.74) is 0. The lowest BCUT2D eigenvalue weighted by Gasteiger charge is -2.35. The minimum Gasteiger partial charge on any atom is -0.300 e. The standard InChI is InChI=1S/C11H21NO/c1-4-9(2)10(3)12-7-5-11(13)6-8-12/h9-10H,4-8H2,1-3H3. The number of hydrogen-bond donors (Lipinski definition) is 0. The number of rotatable bonds is 3. The Bertz CT molecular complexity index is 169. The molecule has 0 bridgehead atoms. The van der Waals surface area contributed by atoms with Crippen molar-refractivity contribution in [2.45, 2.75) is 46.1 Å². The molecule has 2 unspecified atom stereocenters. The summed E-state index contributed by atoms with van der Waals surface area (Å²) in [7, 11) is 0. The third-order valence-electron chi connectivity index (χ3n) is 3.40. The fourth-order valence-electron chi connectivity index (χ4n) is 1.88. The third kappa shape index (κ3) is 2.80. The Morgan fingerprint density at radius 2 is 1.85 bits per heavy atom. The number of hydrogen-bond acceptors (Lipinski definition) is 2. The molecule has 0 amide bonds. The number of piperidine rings is 1. The van der Waals surface area contributed by atoms with Crippen LogP contribution in [-0.4, -0.2) is 29.8 Å². The van der Waals surface area contributed by atoms with Gasteiger partial charge in [-0.2, -0.15) is 0 Å². The third-order valence-corrected chi connectivity index (χ3v) is 3.40. The smallest absolute Gasteiger partial charge is 0.135 e. The normalized spacial score (nSPS) is 24.4. The minimum atomic E-state index is 0.438. The van der Waals surface area contributed by atoms with Crippen molar-refractivity contribution >= 4 is 5.78 Å². The van der Waals surface area contributed by atoms with Crippen LogP contribution in [0.2, 0.25) is 0 Å². The van der Waals surface area contributed by atoms with Crippen molar-refractivity contribution in [2.75, 3.05) is 13.1 Å². The summed E-state index contributed by atoms with van der Waals surface area (Å²) in [6.07, 6.45) is 2.76. The first-order valence-electron chi connectivity index (χ1n) is 5.41. The van der Waals surface area contributed by atoms with Crippen LogP contribution in [0.3, 0.4) is 0 Å². The number of Topliss-reactive ketones (excluding diaryl/α,β-unsaturated/α-hetero) is 1. The SMILES string of the molecule is CCC(C)C(C)N1CCC(=O)CC1. The Kier molecular flexibility index (Phi) is 3.91. The van der Waals surface area contributed by atoms with E-state index in [2.05, 4.69) is 25.7 Å². The Morgan fingerprint density at radius 1 is 1.31 bits per heavy atom. The van der Waals surface area contributed by atoms with Crippen LogP contribution in [-0.2, 0) is 4.79 Å². The number of likely N-dealkylation sites (tertiary alicyclic amines) is 1. The van der Waals surface area contributed by atoms with Gasteiger partial charge >= 0.3 is 0 Å². The maximum absolute atomic E-state index is 11.0. The number of nitrogens with zero attached hydrogens (tertiary/aromatic N) is 1. The molecule has 0 aromatic carbocycles. The summed E-state index contributed by atoms with van der Waals surface area (Å²) in [5.74, 6) is 1.18. The first-order chi connectivity index (χ1) is 6.15. The first kappa shape index (κ1) is 10.7. The zero-order valence-electron chi connectivity index (χ0n) is 9.05. The summed E-state index contributed by atoms with van der Waals surface area (Å²) < 4.78 is 0. The molecule has 1 heterocycles. The van der Waals surface area contributed by atoms with Crippen molar-refractivity contribution in [1.82, 2.24) is 4.90 Å². The second-order valence-electron chi connectivity index (χ2n) is 4.20. The van der Waals surface area contributed by atoms with E-state index in [0.717, 1.165) is 31.8 Å². The summed E-state index contributed by atoms with van der Waals surface area (Å²) in [6, 6.07) is 0.637. The molecule has 1 saturated heterocycles. The van der Waals surface area contributed by atoms with Gasteiger partial charge in [0, 0.05) is 32.0 Å². The van der Waals surface area contributed by atoms with Crippen LogP contribution in [0.4, 0.5) is 0 Å². The van der Waals surface area contributed by atoms with Gasteiger partial charge in [0.25, 0.3) is 0 Å². The fourth-order valence-corrected chi connectivity index (χ4v) is 1.88. The van der Waals surface area contributed by atoms with E-state index in [9.17, 15) is 4.79 Å². The number of carbonyl (C=O) groups excluding carboxylic acids is 1. The molecule has 0 aromatic heterocycles. The molecule has 0 aliphatic carbocycles. The molecule has 13 heavy (non-hydrogen) atoms. The van der Waals surface area contributed by atoms with E-state index in [4.69, 9.17) is 0 Å². The van der Waals surface area contributed by atoms with Gasteiger partial charge in [-0.25, -0.2) is 0 Å². The highest BCUT2D eigenvalue weighted by Crippen LogP contribution is 2.17. The lowest BCUT2D eigenvalue weighted by atomic mass is 9.97. The number of carbonyl (C=O) groups is 1. The topological polar surface area (TPSA) is 20.3 Å². The highest BCUT2D eigenvalue weighted by molar-refractivity contribution is 5.79. The van der Waals surface area contributed by atoms with Crippen molar-refractivity contribution in [3.05, 3.63) is 0 Å². The van der Waals surface area contributed by atoms with Crippen LogP contribution in [0.5, 0.6) is 0 Å². The van der Waals surface area contributed by atoms with E-state index < -0.39 is 0 Å². The maximum Gasteiger partial charge on any atom is 0.135 e. The van der Waals surface area contributed by atoms with Crippen LogP contribution < -0.4 is 0 Å². The van der Waals surface area contributed by atoms with E-state index in [1.165, 1.54) is 6.42 Å². The van der Waals surface area contributed by atoms with Gasteiger partial charge in [0.1, 0.15) is 5.78 Å². The van der Waals surface area contributed by atoms with E-state index in [1.807, 2.05) is 0 Å². The second-order valence-corrected chi connectivity index (χ2v) is 4.20. The van der Waals surface area contributed by atoms with Crippen LogP contribution in [0.25, 0.3) is 0 Å². The first-order valence-corrected chi connectivity index (χ1v) is 5.41. The van der Waals surface area contributed by atoms with Crippen LogP contribution in [0.1, 0.15) is 40.0 Å². The summed E-state index contributed by atoms with van der Waals surface area (Å²) >= 11 is 0. The molecule has 2 heteroatoms. The highest BCUT2D eigenvalue weighted by atomic mass is 16.1. The molecular weight excluding hydrogens is 162 g/mol.